The van der Waals surface area contributed by atoms with Crippen molar-refractivity contribution in [2.75, 3.05) is 0 Å². The molecular weight excluding hydrogens is 240 g/mol. The fourth-order valence-corrected chi connectivity index (χ4v) is 7.04. The van der Waals surface area contributed by atoms with Gasteiger partial charge in [0.15, 0.2) is 5.82 Å². The Morgan fingerprint density at radius 2 is 2.46 bits per heavy atom. The van der Waals surface area contributed by atoms with E-state index in [0.29, 0.717) is 11.7 Å². The first-order valence-corrected chi connectivity index (χ1v) is 10.7. The first-order valence-electron chi connectivity index (χ1n) is 4.01. The van der Waals surface area contributed by atoms with Gasteiger partial charge in [-0.05, 0) is 17.4 Å². The average Bonchev–Trinajstić information content (AvgIpc) is 2.68. The smallest absolute Gasteiger partial charge is 0.152 e. The summed E-state index contributed by atoms with van der Waals surface area (Å²) in [6, 6.07) is 0.474. The summed E-state index contributed by atoms with van der Waals surface area (Å²) in [6.07, 6.45) is 1.05. The fraction of sp³-hybridized carbons (Fsp3) is 0.800. The highest BCUT2D eigenvalue weighted by Crippen LogP contribution is 2.71. The quantitative estimate of drug-likeness (QED) is 0.754. The van der Waals surface area contributed by atoms with E-state index in [1.807, 2.05) is 4.68 Å². The zero-order valence-corrected chi connectivity index (χ0v) is 11.5. The predicted molar refractivity (Wildman–Crippen MR) is 64.7 cm³/mol. The second-order valence-electron chi connectivity index (χ2n) is 3.09. The summed E-state index contributed by atoms with van der Waals surface area (Å²) in [7, 11) is 6.81. The van der Waals surface area contributed by atoms with E-state index in [1.54, 1.807) is 0 Å². The molecule has 0 aromatic carbocycles. The van der Waals surface area contributed by atoms with Gasteiger partial charge in [-0.1, -0.05) is 15.3 Å². The van der Waals surface area contributed by atoms with Crippen molar-refractivity contribution < 1.29 is 0 Å². The number of fused-ring (bicyclic) bond motifs is 1. The third-order valence-electron chi connectivity index (χ3n) is 2.40. The molecule has 6 atom stereocenters. The molecule has 0 saturated carbocycles. The van der Waals surface area contributed by atoms with E-state index in [-0.39, 0.29) is 7.30 Å². The lowest BCUT2D eigenvalue weighted by Crippen LogP contribution is -2.12. The minimum atomic E-state index is 0.0393. The van der Waals surface area contributed by atoms with Gasteiger partial charge in [-0.25, -0.2) is 4.68 Å². The summed E-state index contributed by atoms with van der Waals surface area (Å²) in [4.78, 5) is 0. The molecule has 0 bridgehead atoms. The van der Waals surface area contributed by atoms with Crippen molar-refractivity contribution >= 4 is 33.1 Å². The van der Waals surface area contributed by atoms with Gasteiger partial charge < -0.3 is 0 Å². The molecule has 0 N–H and O–H groups in total. The van der Waals surface area contributed by atoms with Gasteiger partial charge in [-0.15, -0.1) is 23.0 Å². The molecule has 1 aliphatic heterocycles. The topological polar surface area (TPSA) is 43.6 Å². The summed E-state index contributed by atoms with van der Waals surface area (Å²) < 4.78 is 1.97. The van der Waals surface area contributed by atoms with Gasteiger partial charge in [0, 0.05) is 12.1 Å². The molecule has 2 heterocycles. The van der Waals surface area contributed by atoms with Crippen LogP contribution in [0.5, 0.6) is 0 Å². The summed E-state index contributed by atoms with van der Waals surface area (Å²) in [5.41, 5.74) is 0.717. The molecule has 0 amide bonds. The van der Waals surface area contributed by atoms with E-state index in [9.17, 15) is 0 Å². The maximum atomic E-state index is 4.01. The molecule has 2 rings (SSSR count). The normalized spacial score (nSPS) is 29.8. The number of rotatable bonds is 2. The first-order chi connectivity index (χ1) is 6.24. The van der Waals surface area contributed by atoms with Crippen molar-refractivity contribution in [1.29, 1.82) is 0 Å². The maximum absolute atomic E-state index is 4.01. The van der Waals surface area contributed by atoms with Gasteiger partial charge in [-0.3, -0.25) is 0 Å². The highest BCUT2D eigenvalue weighted by Gasteiger charge is 2.34. The van der Waals surface area contributed by atoms with E-state index >= 15 is 0 Å². The zero-order chi connectivity index (χ0) is 9.42. The van der Waals surface area contributed by atoms with Crippen molar-refractivity contribution in [2.24, 2.45) is 0 Å². The molecule has 6 unspecified atom stereocenters. The third kappa shape index (κ3) is 1.80. The molecular formula is C5H12N4P4. The summed E-state index contributed by atoms with van der Waals surface area (Å²) in [5, 5.41) is 11.7. The molecule has 0 aliphatic carbocycles. The number of aromatic nitrogens is 4. The van der Waals surface area contributed by atoms with Crippen LogP contribution in [0, 0.1) is 0 Å². The lowest BCUT2D eigenvalue weighted by molar-refractivity contribution is 0.509. The molecule has 8 heteroatoms. The Hall–Kier alpha value is 0.790. The molecule has 0 fully saturated rings. The van der Waals surface area contributed by atoms with E-state index < -0.39 is 0 Å². The SMILES string of the molecule is CC1C(P(P)PP)Cc2nnnn21. The summed E-state index contributed by atoms with van der Waals surface area (Å²) in [5.74, 6) is 1.05. The van der Waals surface area contributed by atoms with Crippen LogP contribution < -0.4 is 0 Å². The average molecular weight is 252 g/mol. The van der Waals surface area contributed by atoms with Crippen LogP contribution in [0.25, 0.3) is 0 Å². The van der Waals surface area contributed by atoms with Crippen LogP contribution in [-0.4, -0.2) is 25.9 Å². The van der Waals surface area contributed by atoms with Crippen molar-refractivity contribution in [3.05, 3.63) is 5.82 Å². The highest BCUT2D eigenvalue weighted by atomic mass is 32.6. The van der Waals surface area contributed by atoms with Gasteiger partial charge in [0.05, 0.1) is 6.04 Å². The van der Waals surface area contributed by atoms with Crippen molar-refractivity contribution in [1.82, 2.24) is 20.2 Å². The third-order valence-corrected chi connectivity index (χ3v) is 13.8. The number of nitrogens with zero attached hydrogens (tertiary/aromatic N) is 4. The molecule has 0 saturated heterocycles. The molecule has 0 spiro atoms. The van der Waals surface area contributed by atoms with Gasteiger partial charge >= 0.3 is 0 Å². The maximum Gasteiger partial charge on any atom is 0.152 e. The van der Waals surface area contributed by atoms with Crippen LogP contribution in [0.3, 0.4) is 0 Å². The molecule has 4 nitrogen and oxygen atoms in total. The fourth-order valence-electron chi connectivity index (χ4n) is 1.61. The minimum Gasteiger partial charge on any atom is -0.226 e. The summed E-state index contributed by atoms with van der Waals surface area (Å²) in [6.45, 7) is 2.21. The van der Waals surface area contributed by atoms with Gasteiger partial charge in [0.25, 0.3) is 0 Å². The number of tetrazole rings is 1. The second-order valence-corrected chi connectivity index (χ2v) is 12.7. The molecule has 72 valence electrons. The van der Waals surface area contributed by atoms with Crippen LogP contribution in [0.2, 0.25) is 0 Å². The lowest BCUT2D eigenvalue weighted by atomic mass is 10.2. The summed E-state index contributed by atoms with van der Waals surface area (Å²) >= 11 is 0. The zero-order valence-electron chi connectivity index (χ0n) is 7.25. The number of hydrogen-bond donors (Lipinski definition) is 0. The van der Waals surface area contributed by atoms with E-state index in [2.05, 4.69) is 40.3 Å². The van der Waals surface area contributed by atoms with Crippen molar-refractivity contribution in [3.63, 3.8) is 0 Å². The Kier molecular flexibility index (Phi) is 3.26. The Labute approximate surface area is 84.6 Å². The van der Waals surface area contributed by atoms with Gasteiger partial charge in [0.2, 0.25) is 0 Å². The predicted octanol–water partition coefficient (Wildman–Crippen LogP) is 1.81. The van der Waals surface area contributed by atoms with Crippen LogP contribution in [0.4, 0.5) is 0 Å². The molecule has 1 aliphatic rings. The Balaban J connectivity index is 2.19. The van der Waals surface area contributed by atoms with Crippen molar-refractivity contribution in [3.8, 4) is 0 Å². The van der Waals surface area contributed by atoms with Crippen LogP contribution in [-0.2, 0) is 6.42 Å². The molecule has 1 aromatic heterocycles. The standard InChI is InChI=1S/C5H12N4P4/c1-3-4(13(11)12-10)2-5-6-7-8-9(3)5/h3-4,12H,2,10-11H2,1H3. The van der Waals surface area contributed by atoms with E-state index in [0.717, 1.165) is 20.2 Å². The second kappa shape index (κ2) is 4.11. The minimum absolute atomic E-state index is 0.0393. The monoisotopic (exact) mass is 252 g/mol. The first kappa shape index (κ1) is 10.3. The van der Waals surface area contributed by atoms with E-state index in [1.165, 1.54) is 0 Å². The van der Waals surface area contributed by atoms with Gasteiger partial charge in [0.1, 0.15) is 0 Å². The van der Waals surface area contributed by atoms with Crippen LogP contribution >= 0.6 is 33.1 Å². The molecule has 13 heavy (non-hydrogen) atoms. The largest absolute Gasteiger partial charge is 0.226 e. The Morgan fingerprint density at radius 1 is 1.69 bits per heavy atom. The van der Waals surface area contributed by atoms with Gasteiger partial charge in [-0.2, -0.15) is 0 Å². The van der Waals surface area contributed by atoms with E-state index in [4.69, 9.17) is 0 Å². The van der Waals surface area contributed by atoms with Crippen LogP contribution in [0.15, 0.2) is 0 Å². The van der Waals surface area contributed by atoms with Crippen molar-refractivity contribution in [2.45, 2.75) is 25.0 Å². The van der Waals surface area contributed by atoms with Crippen LogP contribution in [0.1, 0.15) is 18.8 Å². The molecule has 1 aromatic rings. The Bertz CT molecular complexity index is 302. The lowest BCUT2D eigenvalue weighted by Gasteiger charge is -2.21. The highest BCUT2D eigenvalue weighted by molar-refractivity contribution is 8.61. The Morgan fingerprint density at radius 3 is 3.08 bits per heavy atom. The molecule has 0 radical (unpaired) electrons. The number of hydrogen-bond acceptors (Lipinski definition) is 3.